The number of hydrogen-bond acceptors (Lipinski definition) is 2. The number of amides is 1. The summed E-state index contributed by atoms with van der Waals surface area (Å²) in [5.74, 6) is 0.615. The monoisotopic (exact) mass is 321 g/mol. The van der Waals surface area contributed by atoms with Crippen LogP contribution in [0.3, 0.4) is 0 Å². The predicted molar refractivity (Wildman–Crippen MR) is 95.3 cm³/mol. The second kappa shape index (κ2) is 6.78. The molecule has 1 amide bonds. The van der Waals surface area contributed by atoms with Gasteiger partial charge in [0.15, 0.2) is 6.10 Å². The van der Waals surface area contributed by atoms with Crippen LogP contribution in [0.1, 0.15) is 32.1 Å². The number of rotatable bonds is 4. The van der Waals surface area contributed by atoms with Crippen molar-refractivity contribution >= 4 is 17.3 Å². The molecule has 0 aromatic heterocycles. The predicted octanol–water partition coefficient (Wildman–Crippen LogP) is 4.70. The summed E-state index contributed by atoms with van der Waals surface area (Å²) >= 11 is 0. The first-order valence-corrected chi connectivity index (χ1v) is 8.94. The highest BCUT2D eigenvalue weighted by molar-refractivity contribution is 6.04. The lowest BCUT2D eigenvalue weighted by Crippen LogP contribution is -2.32. The molecule has 2 fully saturated rings. The molecule has 2 aromatic rings. The van der Waals surface area contributed by atoms with Crippen molar-refractivity contribution in [2.75, 3.05) is 4.90 Å². The summed E-state index contributed by atoms with van der Waals surface area (Å²) in [6.45, 7) is 0. The Kier molecular flexibility index (Phi) is 4.35. The smallest absolute Gasteiger partial charge is 0.263 e. The normalized spacial score (nSPS) is 23.7. The average molecular weight is 321 g/mol. The van der Waals surface area contributed by atoms with Crippen molar-refractivity contribution in [2.45, 2.75) is 44.3 Å². The molecule has 24 heavy (non-hydrogen) atoms. The fourth-order valence-electron chi connectivity index (χ4n) is 3.83. The fraction of sp³-hybridized carbons (Fsp3) is 0.381. The number of benzene rings is 2. The minimum absolute atomic E-state index is 0.0583. The molecule has 4 rings (SSSR count). The number of ether oxygens (including phenoxy) is 1. The topological polar surface area (TPSA) is 32.8 Å². The molecule has 0 radical (unpaired) electrons. The van der Waals surface area contributed by atoms with Gasteiger partial charge in [0.05, 0.1) is 6.10 Å². The molecule has 1 saturated carbocycles. The summed E-state index contributed by atoms with van der Waals surface area (Å²) in [5, 5.41) is 0. The fourth-order valence-corrected chi connectivity index (χ4v) is 3.83. The van der Waals surface area contributed by atoms with Gasteiger partial charge < -0.3 is 4.74 Å². The van der Waals surface area contributed by atoms with Crippen LogP contribution < -0.4 is 4.90 Å². The maximum Gasteiger partial charge on any atom is 0.263 e. The van der Waals surface area contributed by atoms with Gasteiger partial charge >= 0.3 is 0 Å². The number of para-hydroxylation sites is 2. The Hall–Kier alpha value is -2.13. The molecule has 124 valence electrons. The quantitative estimate of drug-likeness (QED) is 0.765. The third-order valence-electron chi connectivity index (χ3n) is 5.13. The molecule has 3 nitrogen and oxygen atoms in total. The first-order valence-electron chi connectivity index (χ1n) is 8.94. The van der Waals surface area contributed by atoms with Crippen molar-refractivity contribution in [3.63, 3.8) is 0 Å². The molecule has 1 saturated heterocycles. The molecule has 2 atom stereocenters. The molecular formula is C21H23NO2. The lowest BCUT2D eigenvalue weighted by Gasteiger charge is -2.23. The summed E-state index contributed by atoms with van der Waals surface area (Å²) in [6, 6.07) is 19.7. The second-order valence-electron chi connectivity index (χ2n) is 6.76. The number of anilines is 2. The third-order valence-corrected chi connectivity index (χ3v) is 5.13. The van der Waals surface area contributed by atoms with E-state index in [1.54, 1.807) is 4.90 Å². The van der Waals surface area contributed by atoms with Gasteiger partial charge in [0, 0.05) is 11.4 Å². The van der Waals surface area contributed by atoms with Gasteiger partial charge in [0.2, 0.25) is 0 Å². The van der Waals surface area contributed by atoms with Crippen molar-refractivity contribution in [3.8, 4) is 0 Å². The summed E-state index contributed by atoms with van der Waals surface area (Å²) in [5.41, 5.74) is 1.79. The standard InChI is InChI=1S/C21H23NO2/c23-21(20-19(24-20)16-10-4-1-5-11-16)22(17-12-6-2-7-13-17)18-14-8-3-9-15-18/h2-3,6-9,12-16,19-20H,1,4-5,10-11H2/t19-,20-/m1/s1. The Balaban J connectivity index is 1.57. The Bertz CT molecular complexity index is 640. The summed E-state index contributed by atoms with van der Waals surface area (Å²) in [6.07, 6.45) is 6.10. The van der Waals surface area contributed by atoms with E-state index in [-0.39, 0.29) is 18.1 Å². The van der Waals surface area contributed by atoms with Crippen LogP contribution in [0.2, 0.25) is 0 Å². The van der Waals surface area contributed by atoms with Gasteiger partial charge in [-0.3, -0.25) is 9.69 Å². The lowest BCUT2D eigenvalue weighted by atomic mass is 9.86. The zero-order valence-corrected chi connectivity index (χ0v) is 13.8. The molecule has 1 heterocycles. The molecule has 0 spiro atoms. The van der Waals surface area contributed by atoms with Crippen molar-refractivity contribution in [1.82, 2.24) is 0 Å². The first kappa shape index (κ1) is 15.4. The van der Waals surface area contributed by atoms with E-state index in [9.17, 15) is 4.79 Å². The summed E-state index contributed by atoms with van der Waals surface area (Å²) in [4.78, 5) is 15.0. The van der Waals surface area contributed by atoms with Gasteiger partial charge in [-0.1, -0.05) is 55.7 Å². The summed E-state index contributed by atoms with van der Waals surface area (Å²) in [7, 11) is 0. The number of carbonyl (C=O) groups is 1. The summed E-state index contributed by atoms with van der Waals surface area (Å²) < 4.78 is 5.85. The Morgan fingerprint density at radius 3 is 1.92 bits per heavy atom. The molecule has 1 aliphatic heterocycles. The van der Waals surface area contributed by atoms with E-state index >= 15 is 0 Å². The van der Waals surface area contributed by atoms with E-state index in [1.165, 1.54) is 32.1 Å². The number of carbonyl (C=O) groups excluding carboxylic acids is 1. The minimum Gasteiger partial charge on any atom is -0.359 e. The van der Waals surface area contributed by atoms with Gasteiger partial charge in [-0.2, -0.15) is 0 Å². The van der Waals surface area contributed by atoms with E-state index in [1.807, 2.05) is 60.7 Å². The zero-order chi connectivity index (χ0) is 16.4. The maximum atomic E-state index is 13.2. The van der Waals surface area contributed by atoms with Gasteiger partial charge in [-0.15, -0.1) is 0 Å². The number of epoxide rings is 1. The van der Waals surface area contributed by atoms with Crippen molar-refractivity contribution < 1.29 is 9.53 Å². The van der Waals surface area contributed by atoms with E-state index in [2.05, 4.69) is 0 Å². The Labute approximate surface area is 143 Å². The van der Waals surface area contributed by atoms with E-state index in [0.29, 0.717) is 5.92 Å². The van der Waals surface area contributed by atoms with Crippen molar-refractivity contribution in [3.05, 3.63) is 60.7 Å². The molecule has 1 aliphatic carbocycles. The van der Waals surface area contributed by atoms with E-state index < -0.39 is 0 Å². The third kappa shape index (κ3) is 3.09. The largest absolute Gasteiger partial charge is 0.359 e. The highest BCUT2D eigenvalue weighted by Gasteiger charge is 2.51. The van der Waals surface area contributed by atoms with Gasteiger partial charge in [0.1, 0.15) is 0 Å². The van der Waals surface area contributed by atoms with Gasteiger partial charge in [-0.25, -0.2) is 0 Å². The van der Waals surface area contributed by atoms with Crippen LogP contribution in [-0.2, 0) is 9.53 Å². The highest BCUT2D eigenvalue weighted by Crippen LogP contribution is 2.40. The van der Waals surface area contributed by atoms with Crippen LogP contribution in [-0.4, -0.2) is 18.1 Å². The lowest BCUT2D eigenvalue weighted by molar-refractivity contribution is -0.119. The van der Waals surface area contributed by atoms with Gasteiger partial charge in [0.25, 0.3) is 5.91 Å². The molecular weight excluding hydrogens is 298 g/mol. The minimum atomic E-state index is -0.284. The maximum absolute atomic E-state index is 13.2. The van der Waals surface area contributed by atoms with Crippen LogP contribution in [0, 0.1) is 5.92 Å². The molecule has 2 aromatic carbocycles. The van der Waals surface area contributed by atoms with Crippen molar-refractivity contribution in [2.24, 2.45) is 5.92 Å². The van der Waals surface area contributed by atoms with E-state index in [4.69, 9.17) is 4.74 Å². The number of nitrogens with zero attached hydrogens (tertiary/aromatic N) is 1. The van der Waals surface area contributed by atoms with Crippen LogP contribution in [0.15, 0.2) is 60.7 Å². The number of hydrogen-bond donors (Lipinski definition) is 0. The van der Waals surface area contributed by atoms with Crippen LogP contribution in [0.5, 0.6) is 0 Å². The highest BCUT2D eigenvalue weighted by atomic mass is 16.6. The van der Waals surface area contributed by atoms with Crippen molar-refractivity contribution in [1.29, 1.82) is 0 Å². The second-order valence-corrected chi connectivity index (χ2v) is 6.76. The first-order chi connectivity index (χ1) is 11.8. The van der Waals surface area contributed by atoms with Crippen LogP contribution in [0.25, 0.3) is 0 Å². The molecule has 2 aliphatic rings. The van der Waals surface area contributed by atoms with E-state index in [0.717, 1.165) is 11.4 Å². The van der Waals surface area contributed by atoms with Gasteiger partial charge in [-0.05, 0) is 43.0 Å². The SMILES string of the molecule is O=C([C@@H]1O[C@@H]1C1CCCCC1)N(c1ccccc1)c1ccccc1. The van der Waals surface area contributed by atoms with Crippen LogP contribution >= 0.6 is 0 Å². The zero-order valence-electron chi connectivity index (χ0n) is 13.8. The molecule has 0 unspecified atom stereocenters. The molecule has 0 N–H and O–H groups in total. The van der Waals surface area contributed by atoms with Crippen LogP contribution in [0.4, 0.5) is 11.4 Å². The molecule has 3 heteroatoms. The Morgan fingerprint density at radius 2 is 1.38 bits per heavy atom. The Morgan fingerprint density at radius 1 is 0.833 bits per heavy atom. The molecule has 0 bridgehead atoms. The average Bonchev–Trinajstić information content (AvgIpc) is 3.45.